The van der Waals surface area contributed by atoms with E-state index in [-0.39, 0.29) is 0 Å². The molecule has 80 valence electrons. The van der Waals surface area contributed by atoms with E-state index in [0.29, 0.717) is 6.04 Å². The number of pyridine rings is 1. The summed E-state index contributed by atoms with van der Waals surface area (Å²) in [5.74, 6) is 1.15. The Morgan fingerprint density at radius 2 is 2.07 bits per heavy atom. The molecule has 2 aliphatic rings. The normalized spacial score (nSPS) is 20.7. The topological polar surface area (TPSA) is 28.2 Å². The minimum Gasteiger partial charge on any atom is -0.379 e. The Morgan fingerprint density at radius 1 is 1.27 bits per heavy atom. The largest absolute Gasteiger partial charge is 0.379 e. The van der Waals surface area contributed by atoms with Gasteiger partial charge in [-0.05, 0) is 37.8 Å². The van der Waals surface area contributed by atoms with Gasteiger partial charge in [-0.3, -0.25) is 0 Å². The van der Waals surface area contributed by atoms with Gasteiger partial charge in [-0.15, -0.1) is 0 Å². The summed E-state index contributed by atoms with van der Waals surface area (Å²) in [6.45, 7) is 2.33. The van der Waals surface area contributed by atoms with Gasteiger partial charge in [0.25, 0.3) is 0 Å². The van der Waals surface area contributed by atoms with Crippen molar-refractivity contribution in [3.63, 3.8) is 0 Å². The van der Waals surface area contributed by atoms with Gasteiger partial charge in [0, 0.05) is 25.3 Å². The molecule has 1 saturated carbocycles. The van der Waals surface area contributed by atoms with Crippen LogP contribution in [0, 0.1) is 0 Å². The predicted molar refractivity (Wildman–Crippen MR) is 62.3 cm³/mol. The van der Waals surface area contributed by atoms with E-state index in [1.165, 1.54) is 31.4 Å². The Hall–Kier alpha value is -1.25. The summed E-state index contributed by atoms with van der Waals surface area (Å²) >= 11 is 0. The molecule has 3 rings (SSSR count). The van der Waals surface area contributed by atoms with Crippen LogP contribution in [0.25, 0.3) is 0 Å². The first-order valence-corrected chi connectivity index (χ1v) is 5.90. The van der Waals surface area contributed by atoms with E-state index in [1.54, 1.807) is 0 Å². The van der Waals surface area contributed by atoms with E-state index in [9.17, 15) is 0 Å². The van der Waals surface area contributed by atoms with E-state index < -0.39 is 0 Å². The lowest BCUT2D eigenvalue weighted by atomic mass is 10.3. The van der Waals surface area contributed by atoms with Crippen molar-refractivity contribution in [2.45, 2.75) is 31.7 Å². The first-order chi connectivity index (χ1) is 7.43. The van der Waals surface area contributed by atoms with Crippen LogP contribution in [0.2, 0.25) is 0 Å². The summed E-state index contributed by atoms with van der Waals surface area (Å²) in [6.07, 6.45) is 7.13. The molecule has 0 bridgehead atoms. The van der Waals surface area contributed by atoms with Crippen molar-refractivity contribution in [3.8, 4) is 0 Å². The third-order valence-electron chi connectivity index (χ3n) is 3.13. The van der Waals surface area contributed by atoms with Crippen LogP contribution in [-0.4, -0.2) is 24.1 Å². The van der Waals surface area contributed by atoms with Gasteiger partial charge in [-0.1, -0.05) is 0 Å². The maximum atomic E-state index is 4.50. The third-order valence-corrected chi connectivity index (χ3v) is 3.13. The molecule has 3 nitrogen and oxygen atoms in total. The molecule has 3 heteroatoms. The zero-order chi connectivity index (χ0) is 10.1. The van der Waals surface area contributed by atoms with Crippen LogP contribution >= 0.6 is 0 Å². The SMILES string of the molecule is c1cnc(N2CCCC2)c(NC2CC2)c1. The molecule has 1 aliphatic carbocycles. The quantitative estimate of drug-likeness (QED) is 0.816. The molecular formula is C12H17N3. The van der Waals surface area contributed by atoms with Crippen LogP contribution in [0.1, 0.15) is 25.7 Å². The van der Waals surface area contributed by atoms with Gasteiger partial charge in [0.15, 0.2) is 5.82 Å². The number of hydrogen-bond donors (Lipinski definition) is 1. The summed E-state index contributed by atoms with van der Waals surface area (Å²) in [4.78, 5) is 6.90. The van der Waals surface area contributed by atoms with Crippen molar-refractivity contribution < 1.29 is 0 Å². The van der Waals surface area contributed by atoms with E-state index in [2.05, 4.69) is 21.3 Å². The van der Waals surface area contributed by atoms with E-state index in [1.807, 2.05) is 12.3 Å². The molecule has 0 aromatic carbocycles. The highest BCUT2D eigenvalue weighted by molar-refractivity contribution is 5.66. The number of hydrogen-bond acceptors (Lipinski definition) is 3. The minimum atomic E-state index is 0.704. The number of aromatic nitrogens is 1. The second-order valence-corrected chi connectivity index (χ2v) is 4.49. The maximum Gasteiger partial charge on any atom is 0.151 e. The first kappa shape index (κ1) is 9.01. The average molecular weight is 203 g/mol. The zero-order valence-corrected chi connectivity index (χ0v) is 8.95. The molecule has 0 atom stereocenters. The summed E-state index contributed by atoms with van der Waals surface area (Å²) in [5.41, 5.74) is 1.22. The lowest BCUT2D eigenvalue weighted by Crippen LogP contribution is -2.21. The second kappa shape index (κ2) is 3.72. The summed E-state index contributed by atoms with van der Waals surface area (Å²) in [7, 11) is 0. The molecule has 0 unspecified atom stereocenters. The highest BCUT2D eigenvalue weighted by atomic mass is 15.2. The van der Waals surface area contributed by atoms with Gasteiger partial charge in [-0.2, -0.15) is 0 Å². The van der Waals surface area contributed by atoms with E-state index >= 15 is 0 Å². The van der Waals surface area contributed by atoms with Gasteiger partial charge < -0.3 is 10.2 Å². The van der Waals surface area contributed by atoms with Crippen molar-refractivity contribution in [1.29, 1.82) is 0 Å². The standard InChI is InChI=1S/C12H17N3/c1-2-9-15(8-1)12-11(4-3-7-13-12)14-10-5-6-10/h3-4,7,10,14H,1-2,5-6,8-9H2. The van der Waals surface area contributed by atoms with Crippen LogP contribution in [0.15, 0.2) is 18.3 Å². The van der Waals surface area contributed by atoms with E-state index in [4.69, 9.17) is 0 Å². The summed E-state index contributed by atoms with van der Waals surface area (Å²) < 4.78 is 0. The lowest BCUT2D eigenvalue weighted by Gasteiger charge is -2.20. The van der Waals surface area contributed by atoms with Crippen LogP contribution in [-0.2, 0) is 0 Å². The number of nitrogens with one attached hydrogen (secondary N) is 1. The van der Waals surface area contributed by atoms with Crippen molar-refractivity contribution >= 4 is 11.5 Å². The number of rotatable bonds is 3. The van der Waals surface area contributed by atoms with Crippen LogP contribution < -0.4 is 10.2 Å². The summed E-state index contributed by atoms with van der Waals surface area (Å²) in [6, 6.07) is 4.87. The molecule has 1 aliphatic heterocycles. The first-order valence-electron chi connectivity index (χ1n) is 5.90. The molecular weight excluding hydrogens is 186 g/mol. The Morgan fingerprint density at radius 3 is 2.80 bits per heavy atom. The lowest BCUT2D eigenvalue weighted by molar-refractivity contribution is 0.934. The molecule has 15 heavy (non-hydrogen) atoms. The fourth-order valence-electron chi connectivity index (χ4n) is 2.14. The van der Waals surface area contributed by atoms with Crippen molar-refractivity contribution in [3.05, 3.63) is 18.3 Å². The molecule has 1 saturated heterocycles. The molecule has 0 radical (unpaired) electrons. The molecule has 2 fully saturated rings. The van der Waals surface area contributed by atoms with Gasteiger partial charge in [0.2, 0.25) is 0 Å². The minimum absolute atomic E-state index is 0.704. The van der Waals surface area contributed by atoms with Gasteiger partial charge in [0.1, 0.15) is 0 Å². The predicted octanol–water partition coefficient (Wildman–Crippen LogP) is 2.26. The molecule has 1 aromatic rings. The van der Waals surface area contributed by atoms with Crippen LogP contribution in [0.3, 0.4) is 0 Å². The maximum absolute atomic E-state index is 4.50. The molecule has 2 heterocycles. The van der Waals surface area contributed by atoms with Crippen molar-refractivity contribution in [2.24, 2.45) is 0 Å². The Balaban J connectivity index is 1.83. The van der Waals surface area contributed by atoms with Crippen molar-refractivity contribution in [2.75, 3.05) is 23.3 Å². The molecule has 0 spiro atoms. The number of anilines is 2. The highest BCUT2D eigenvalue weighted by Gasteiger charge is 2.24. The molecule has 1 aromatic heterocycles. The molecule has 0 amide bonds. The fourth-order valence-corrected chi connectivity index (χ4v) is 2.14. The smallest absolute Gasteiger partial charge is 0.151 e. The fraction of sp³-hybridized carbons (Fsp3) is 0.583. The zero-order valence-electron chi connectivity index (χ0n) is 8.95. The Bertz CT molecular complexity index is 340. The van der Waals surface area contributed by atoms with Gasteiger partial charge >= 0.3 is 0 Å². The van der Waals surface area contributed by atoms with Crippen LogP contribution in [0.5, 0.6) is 0 Å². The third kappa shape index (κ3) is 1.91. The average Bonchev–Trinajstić information content (AvgIpc) is 2.93. The summed E-state index contributed by atoms with van der Waals surface area (Å²) in [5, 5.41) is 3.56. The Kier molecular flexibility index (Phi) is 2.24. The van der Waals surface area contributed by atoms with E-state index in [0.717, 1.165) is 18.9 Å². The van der Waals surface area contributed by atoms with Crippen LogP contribution in [0.4, 0.5) is 11.5 Å². The Labute approximate surface area is 90.5 Å². The molecule has 1 N–H and O–H groups in total. The second-order valence-electron chi connectivity index (χ2n) is 4.49. The monoisotopic (exact) mass is 203 g/mol. The highest BCUT2D eigenvalue weighted by Crippen LogP contribution is 2.31. The van der Waals surface area contributed by atoms with Gasteiger partial charge in [-0.25, -0.2) is 4.98 Å². The number of nitrogens with zero attached hydrogens (tertiary/aromatic N) is 2. The van der Waals surface area contributed by atoms with Gasteiger partial charge in [0.05, 0.1) is 5.69 Å². The van der Waals surface area contributed by atoms with Crippen molar-refractivity contribution in [1.82, 2.24) is 4.98 Å².